The number of carbonyl (C=O) groups excluding carboxylic acids is 1. The van der Waals surface area contributed by atoms with E-state index in [1.165, 1.54) is 6.07 Å². The summed E-state index contributed by atoms with van der Waals surface area (Å²) in [6.45, 7) is 0.592. The molecule has 4 aromatic rings. The zero-order valence-electron chi connectivity index (χ0n) is 18.0. The quantitative estimate of drug-likeness (QED) is 0.454. The number of carbonyl (C=O) groups is 1. The summed E-state index contributed by atoms with van der Waals surface area (Å²) >= 11 is 0. The Hall–Kier alpha value is -3.72. The standard InChI is InChI=1S/C25H21F3N4O2/c26-25(27,28)19-4-1-3-18(15-19)24(9-13-34-14-10-24)22(33)30-20-7-5-17(6-8-20)21-16-32-12-2-11-29-23(32)31-21/h1-8,11-12,15-16H,9-10,13-14H2,(H,30,33). The van der Waals surface area contributed by atoms with E-state index in [1.807, 2.05) is 35.0 Å². The summed E-state index contributed by atoms with van der Waals surface area (Å²) in [5, 5.41) is 2.90. The third kappa shape index (κ3) is 4.14. The zero-order chi connectivity index (χ0) is 23.8. The molecule has 0 atom stereocenters. The van der Waals surface area contributed by atoms with E-state index in [2.05, 4.69) is 15.3 Å². The number of alkyl halides is 3. The number of halogens is 3. The van der Waals surface area contributed by atoms with E-state index in [0.717, 1.165) is 23.4 Å². The lowest BCUT2D eigenvalue weighted by molar-refractivity contribution is -0.138. The van der Waals surface area contributed by atoms with E-state index in [9.17, 15) is 18.0 Å². The van der Waals surface area contributed by atoms with Gasteiger partial charge in [-0.3, -0.25) is 9.20 Å². The first kappa shape index (κ1) is 22.1. The molecular formula is C25H21F3N4O2. The topological polar surface area (TPSA) is 68.5 Å². The highest BCUT2D eigenvalue weighted by Gasteiger charge is 2.43. The molecule has 1 saturated heterocycles. The van der Waals surface area contributed by atoms with Gasteiger partial charge in [0.15, 0.2) is 0 Å². The number of amides is 1. The van der Waals surface area contributed by atoms with Crippen LogP contribution in [0.5, 0.6) is 0 Å². The number of ether oxygens (including phenoxy) is 1. The van der Waals surface area contributed by atoms with E-state index in [1.54, 1.807) is 24.4 Å². The fourth-order valence-corrected chi connectivity index (χ4v) is 4.30. The van der Waals surface area contributed by atoms with Crippen molar-refractivity contribution in [3.8, 4) is 11.3 Å². The lowest BCUT2D eigenvalue weighted by Gasteiger charge is -2.36. The van der Waals surface area contributed by atoms with Gasteiger partial charge in [0.2, 0.25) is 11.7 Å². The number of hydrogen-bond acceptors (Lipinski definition) is 4. The van der Waals surface area contributed by atoms with Gasteiger partial charge >= 0.3 is 6.18 Å². The normalized spacial score (nSPS) is 15.9. The van der Waals surface area contributed by atoms with Crippen LogP contribution in [-0.4, -0.2) is 33.5 Å². The Morgan fingerprint density at radius 3 is 2.53 bits per heavy atom. The molecule has 1 amide bonds. The number of hydrogen-bond donors (Lipinski definition) is 1. The highest BCUT2D eigenvalue weighted by molar-refractivity contribution is 5.99. The number of imidazole rings is 1. The molecule has 34 heavy (non-hydrogen) atoms. The van der Waals surface area contributed by atoms with Crippen LogP contribution in [0.15, 0.2) is 73.2 Å². The van der Waals surface area contributed by atoms with E-state index < -0.39 is 17.2 Å². The molecule has 9 heteroatoms. The Morgan fingerprint density at radius 2 is 1.82 bits per heavy atom. The van der Waals surface area contributed by atoms with Crippen molar-refractivity contribution in [2.75, 3.05) is 18.5 Å². The lowest BCUT2D eigenvalue weighted by Crippen LogP contribution is -2.45. The smallest absolute Gasteiger partial charge is 0.381 e. The fraction of sp³-hybridized carbons (Fsp3) is 0.240. The molecule has 0 spiro atoms. The Balaban J connectivity index is 1.41. The fourth-order valence-electron chi connectivity index (χ4n) is 4.30. The van der Waals surface area contributed by atoms with E-state index in [0.29, 0.717) is 43.1 Å². The van der Waals surface area contributed by atoms with Crippen LogP contribution in [0.2, 0.25) is 0 Å². The van der Waals surface area contributed by atoms with Gasteiger partial charge in [-0.25, -0.2) is 9.97 Å². The maximum absolute atomic E-state index is 13.5. The Bertz CT molecular complexity index is 1290. The maximum atomic E-state index is 13.5. The molecule has 174 valence electrons. The minimum atomic E-state index is -4.48. The minimum Gasteiger partial charge on any atom is -0.381 e. The number of rotatable bonds is 4. The highest BCUT2D eigenvalue weighted by atomic mass is 19.4. The van der Waals surface area contributed by atoms with Crippen LogP contribution in [0.25, 0.3) is 17.0 Å². The van der Waals surface area contributed by atoms with E-state index >= 15 is 0 Å². The molecular weight excluding hydrogens is 445 g/mol. The van der Waals surface area contributed by atoms with Crippen molar-refractivity contribution in [1.29, 1.82) is 0 Å². The second kappa shape index (κ2) is 8.57. The van der Waals surface area contributed by atoms with Crippen LogP contribution in [0.1, 0.15) is 24.0 Å². The predicted octanol–water partition coefficient (Wildman–Crippen LogP) is 5.10. The second-order valence-corrected chi connectivity index (χ2v) is 8.26. The maximum Gasteiger partial charge on any atom is 0.416 e. The molecule has 1 aliphatic heterocycles. The van der Waals surface area contributed by atoms with Crippen molar-refractivity contribution in [3.05, 3.63) is 84.3 Å². The summed E-state index contributed by atoms with van der Waals surface area (Å²) in [6, 6.07) is 14.0. The van der Waals surface area contributed by atoms with Crippen molar-refractivity contribution < 1.29 is 22.7 Å². The van der Waals surface area contributed by atoms with Gasteiger partial charge in [-0.2, -0.15) is 13.2 Å². The second-order valence-electron chi connectivity index (χ2n) is 8.26. The third-order valence-corrected chi connectivity index (χ3v) is 6.20. The van der Waals surface area contributed by atoms with Gasteiger partial charge < -0.3 is 10.1 Å². The molecule has 5 rings (SSSR count). The first-order valence-electron chi connectivity index (χ1n) is 10.8. The molecule has 0 unspecified atom stereocenters. The number of nitrogens with one attached hydrogen (secondary N) is 1. The summed E-state index contributed by atoms with van der Waals surface area (Å²) in [7, 11) is 0. The van der Waals surface area contributed by atoms with Crippen LogP contribution in [-0.2, 0) is 21.1 Å². The van der Waals surface area contributed by atoms with Crippen LogP contribution in [0, 0.1) is 0 Å². The van der Waals surface area contributed by atoms with Gasteiger partial charge in [-0.15, -0.1) is 0 Å². The van der Waals surface area contributed by atoms with Crippen LogP contribution >= 0.6 is 0 Å². The number of aromatic nitrogens is 3. The van der Waals surface area contributed by atoms with Gasteiger partial charge in [-0.05, 0) is 42.7 Å². The molecule has 2 aromatic heterocycles. The monoisotopic (exact) mass is 466 g/mol. The van der Waals surface area contributed by atoms with Crippen molar-refractivity contribution in [1.82, 2.24) is 14.4 Å². The first-order valence-corrected chi connectivity index (χ1v) is 10.8. The Labute approximate surface area is 193 Å². The summed E-state index contributed by atoms with van der Waals surface area (Å²) in [5.74, 6) is 0.234. The van der Waals surface area contributed by atoms with E-state index in [-0.39, 0.29) is 5.91 Å². The zero-order valence-corrected chi connectivity index (χ0v) is 18.0. The molecule has 0 aliphatic carbocycles. The largest absolute Gasteiger partial charge is 0.416 e. The van der Waals surface area contributed by atoms with Crippen LogP contribution in [0.3, 0.4) is 0 Å². The molecule has 0 radical (unpaired) electrons. The van der Waals surface area contributed by atoms with Gasteiger partial charge in [0.25, 0.3) is 0 Å². The summed E-state index contributed by atoms with van der Waals surface area (Å²) < 4.78 is 47.2. The Morgan fingerprint density at radius 1 is 1.06 bits per heavy atom. The van der Waals surface area contributed by atoms with Crippen LogP contribution in [0.4, 0.5) is 18.9 Å². The number of fused-ring (bicyclic) bond motifs is 1. The van der Waals surface area contributed by atoms with Gasteiger partial charge in [0.1, 0.15) is 0 Å². The summed E-state index contributed by atoms with van der Waals surface area (Å²) in [5.41, 5.74) is 0.606. The molecule has 3 heterocycles. The molecule has 1 N–H and O–H groups in total. The first-order chi connectivity index (χ1) is 16.3. The molecule has 0 saturated carbocycles. The molecule has 1 fully saturated rings. The predicted molar refractivity (Wildman–Crippen MR) is 120 cm³/mol. The van der Waals surface area contributed by atoms with Gasteiger partial charge in [0.05, 0.1) is 16.7 Å². The highest BCUT2D eigenvalue weighted by Crippen LogP contribution is 2.39. The molecule has 6 nitrogen and oxygen atoms in total. The number of benzene rings is 2. The van der Waals surface area contributed by atoms with Crippen LogP contribution < -0.4 is 5.32 Å². The summed E-state index contributed by atoms with van der Waals surface area (Å²) in [6.07, 6.45) is 1.50. The minimum absolute atomic E-state index is 0.296. The average molecular weight is 466 g/mol. The number of nitrogens with zero attached hydrogens (tertiary/aromatic N) is 3. The summed E-state index contributed by atoms with van der Waals surface area (Å²) in [4.78, 5) is 22.1. The Kier molecular flexibility index (Phi) is 5.57. The van der Waals surface area contributed by atoms with Gasteiger partial charge in [0, 0.05) is 43.1 Å². The third-order valence-electron chi connectivity index (χ3n) is 6.20. The van der Waals surface area contributed by atoms with Crippen molar-refractivity contribution in [2.24, 2.45) is 0 Å². The van der Waals surface area contributed by atoms with Gasteiger partial charge in [-0.1, -0.05) is 30.3 Å². The average Bonchev–Trinajstić information content (AvgIpc) is 3.29. The van der Waals surface area contributed by atoms with Crippen molar-refractivity contribution >= 4 is 17.4 Å². The lowest BCUT2D eigenvalue weighted by atomic mass is 9.73. The van der Waals surface area contributed by atoms with Crippen molar-refractivity contribution in [2.45, 2.75) is 24.4 Å². The van der Waals surface area contributed by atoms with Crippen molar-refractivity contribution in [3.63, 3.8) is 0 Å². The molecule has 0 bridgehead atoms. The van der Waals surface area contributed by atoms with E-state index in [4.69, 9.17) is 4.74 Å². The molecule has 2 aromatic carbocycles. The SMILES string of the molecule is O=C(Nc1ccc(-c2cn3cccnc3n2)cc1)C1(c2cccc(C(F)(F)F)c2)CCOCC1. The molecule has 1 aliphatic rings. The number of anilines is 1.